The van der Waals surface area contributed by atoms with E-state index in [0.717, 1.165) is 58.9 Å². The average Bonchev–Trinajstić information content (AvgIpc) is 3.61. The minimum Gasteiger partial charge on any atom is -0.376 e. The Morgan fingerprint density at radius 3 is 2.81 bits per heavy atom. The van der Waals surface area contributed by atoms with Crippen LogP contribution >= 0.6 is 23.1 Å². The van der Waals surface area contributed by atoms with Crippen LogP contribution in [0.15, 0.2) is 53.0 Å². The highest BCUT2D eigenvalue weighted by molar-refractivity contribution is 7.98. The fraction of sp³-hybridized carbons (Fsp3) is 0.304. The summed E-state index contributed by atoms with van der Waals surface area (Å²) in [5.74, 6) is 1.43. The fourth-order valence-corrected chi connectivity index (χ4v) is 5.57. The molecule has 5 rings (SSSR count). The molecule has 4 heterocycles. The Morgan fingerprint density at radius 2 is 2.09 bits per heavy atom. The summed E-state index contributed by atoms with van der Waals surface area (Å²) in [6, 6.07) is 16.3. The summed E-state index contributed by atoms with van der Waals surface area (Å²) in [6.45, 7) is 3.41. The van der Waals surface area contributed by atoms with Crippen LogP contribution < -0.4 is 0 Å². The van der Waals surface area contributed by atoms with Crippen LogP contribution in [-0.4, -0.2) is 37.3 Å². The number of hydrogen-bond acceptors (Lipinski definition) is 7. The molecule has 1 saturated heterocycles. The van der Waals surface area contributed by atoms with E-state index in [1.165, 1.54) is 0 Å². The molecule has 32 heavy (non-hydrogen) atoms. The third-order valence-electron chi connectivity index (χ3n) is 5.48. The predicted octanol–water partition coefficient (Wildman–Crippen LogP) is 4.84. The summed E-state index contributed by atoms with van der Waals surface area (Å²) in [7, 11) is 0. The highest BCUT2D eigenvalue weighted by atomic mass is 32.2. The first-order valence-electron chi connectivity index (χ1n) is 10.5. The van der Waals surface area contributed by atoms with Gasteiger partial charge >= 0.3 is 0 Å². The molecule has 1 atom stereocenters. The minimum atomic E-state index is 0.177. The van der Waals surface area contributed by atoms with Crippen molar-refractivity contribution in [2.75, 3.05) is 6.61 Å². The van der Waals surface area contributed by atoms with Gasteiger partial charge in [-0.25, -0.2) is 4.68 Å². The van der Waals surface area contributed by atoms with Crippen LogP contribution in [-0.2, 0) is 17.0 Å². The Balaban J connectivity index is 1.47. The van der Waals surface area contributed by atoms with Gasteiger partial charge in [0.1, 0.15) is 6.07 Å². The molecule has 0 N–H and O–H groups in total. The zero-order valence-corrected chi connectivity index (χ0v) is 19.3. The molecule has 0 amide bonds. The van der Waals surface area contributed by atoms with Gasteiger partial charge in [0, 0.05) is 12.4 Å². The number of thiophene rings is 1. The van der Waals surface area contributed by atoms with Crippen molar-refractivity contribution in [3.63, 3.8) is 0 Å². The Hall–Kier alpha value is -2.93. The third kappa shape index (κ3) is 4.09. The molecule has 0 saturated carbocycles. The molecule has 1 aromatic carbocycles. The number of hydrogen-bond donors (Lipinski definition) is 0. The van der Waals surface area contributed by atoms with E-state index >= 15 is 0 Å². The van der Waals surface area contributed by atoms with Crippen LogP contribution in [0.2, 0.25) is 0 Å². The molecule has 0 spiro atoms. The summed E-state index contributed by atoms with van der Waals surface area (Å²) in [5.41, 5.74) is 3.15. The molecule has 3 aromatic heterocycles. The molecule has 0 aliphatic carbocycles. The Morgan fingerprint density at radius 1 is 1.22 bits per heavy atom. The number of aromatic nitrogens is 5. The number of para-hydroxylation sites is 1. The van der Waals surface area contributed by atoms with E-state index in [1.54, 1.807) is 23.1 Å². The van der Waals surface area contributed by atoms with E-state index in [-0.39, 0.29) is 6.10 Å². The minimum absolute atomic E-state index is 0.177. The lowest BCUT2D eigenvalue weighted by Crippen LogP contribution is -2.16. The summed E-state index contributed by atoms with van der Waals surface area (Å²) in [5, 5.41) is 26.3. The molecule has 1 aliphatic rings. The van der Waals surface area contributed by atoms with Crippen molar-refractivity contribution in [3.8, 4) is 22.5 Å². The molecule has 9 heteroatoms. The fourth-order valence-electron chi connectivity index (χ4n) is 3.91. The second-order valence-electron chi connectivity index (χ2n) is 7.58. The lowest BCUT2D eigenvalue weighted by atomic mass is 10.2. The number of nitrogens with zero attached hydrogens (tertiary/aromatic N) is 6. The van der Waals surface area contributed by atoms with Gasteiger partial charge in [-0.05, 0) is 43.3 Å². The van der Waals surface area contributed by atoms with E-state index in [0.29, 0.717) is 11.3 Å². The number of rotatable bonds is 7. The highest BCUT2D eigenvalue weighted by Gasteiger charge is 2.23. The highest BCUT2D eigenvalue weighted by Crippen LogP contribution is 2.32. The standard InChI is InChI=1S/C23H22N6OS2/c1-16-19(13-24)20(29(27-16)17-7-3-2-4-8-17)15-32-23-26-25-22(21-10-6-12-31-21)28(23)14-18-9-5-11-30-18/h2-4,6-8,10,12,18H,5,9,11,14-15H2,1H3. The van der Waals surface area contributed by atoms with Gasteiger partial charge in [-0.15, -0.1) is 21.5 Å². The van der Waals surface area contributed by atoms with Gasteiger partial charge < -0.3 is 4.74 Å². The van der Waals surface area contributed by atoms with Crippen LogP contribution in [0.5, 0.6) is 0 Å². The zero-order chi connectivity index (χ0) is 21.9. The molecule has 1 fully saturated rings. The molecule has 162 valence electrons. The van der Waals surface area contributed by atoms with Gasteiger partial charge in [0.25, 0.3) is 0 Å². The first-order valence-corrected chi connectivity index (χ1v) is 12.4. The number of benzene rings is 1. The molecule has 1 aliphatic heterocycles. The largest absolute Gasteiger partial charge is 0.376 e. The summed E-state index contributed by atoms with van der Waals surface area (Å²) in [4.78, 5) is 1.09. The molecule has 0 bridgehead atoms. The number of thioether (sulfide) groups is 1. The zero-order valence-electron chi connectivity index (χ0n) is 17.6. The summed E-state index contributed by atoms with van der Waals surface area (Å²) in [6.07, 6.45) is 2.31. The number of aryl methyl sites for hydroxylation is 1. The topological polar surface area (TPSA) is 81.6 Å². The molecule has 1 unspecified atom stereocenters. The van der Waals surface area contributed by atoms with E-state index in [4.69, 9.17) is 4.74 Å². The third-order valence-corrected chi connectivity index (χ3v) is 7.32. The van der Waals surface area contributed by atoms with Crippen LogP contribution in [0.3, 0.4) is 0 Å². The molecular weight excluding hydrogens is 440 g/mol. The maximum Gasteiger partial charge on any atom is 0.191 e. The Labute approximate surface area is 194 Å². The first-order chi connectivity index (χ1) is 15.7. The second kappa shape index (κ2) is 9.28. The second-order valence-corrected chi connectivity index (χ2v) is 9.47. The van der Waals surface area contributed by atoms with Crippen molar-refractivity contribution >= 4 is 23.1 Å². The average molecular weight is 463 g/mol. The maximum atomic E-state index is 9.77. The Bertz CT molecular complexity index is 1230. The van der Waals surface area contributed by atoms with Crippen molar-refractivity contribution in [1.29, 1.82) is 5.26 Å². The maximum absolute atomic E-state index is 9.77. The first kappa shape index (κ1) is 20.9. The lowest BCUT2D eigenvalue weighted by molar-refractivity contribution is 0.0953. The van der Waals surface area contributed by atoms with Crippen molar-refractivity contribution in [3.05, 3.63) is 64.8 Å². The molecule has 0 radical (unpaired) electrons. The lowest BCUT2D eigenvalue weighted by Gasteiger charge is -2.14. The van der Waals surface area contributed by atoms with Crippen molar-refractivity contribution in [2.45, 2.75) is 43.3 Å². The summed E-state index contributed by atoms with van der Waals surface area (Å²) < 4.78 is 9.92. The van der Waals surface area contributed by atoms with Crippen LogP contribution in [0.1, 0.15) is 29.8 Å². The van der Waals surface area contributed by atoms with Crippen molar-refractivity contribution in [1.82, 2.24) is 24.5 Å². The quantitative estimate of drug-likeness (QED) is 0.366. The van der Waals surface area contributed by atoms with E-state index in [9.17, 15) is 5.26 Å². The predicted molar refractivity (Wildman–Crippen MR) is 125 cm³/mol. The van der Waals surface area contributed by atoms with Gasteiger partial charge in [0.05, 0.1) is 40.2 Å². The smallest absolute Gasteiger partial charge is 0.191 e. The van der Waals surface area contributed by atoms with Gasteiger partial charge in [0.2, 0.25) is 0 Å². The van der Waals surface area contributed by atoms with Crippen LogP contribution in [0.4, 0.5) is 0 Å². The van der Waals surface area contributed by atoms with Gasteiger partial charge in [-0.2, -0.15) is 10.4 Å². The Kier molecular flexibility index (Phi) is 6.08. The normalized spacial score (nSPS) is 15.8. The van der Waals surface area contributed by atoms with Crippen molar-refractivity contribution < 1.29 is 4.74 Å². The van der Waals surface area contributed by atoms with E-state index in [2.05, 4.69) is 32.0 Å². The monoisotopic (exact) mass is 462 g/mol. The SMILES string of the molecule is Cc1nn(-c2ccccc2)c(CSc2nnc(-c3cccs3)n2CC2CCCO2)c1C#N. The number of nitriles is 1. The van der Waals surface area contributed by atoms with E-state index in [1.807, 2.05) is 53.4 Å². The summed E-state index contributed by atoms with van der Waals surface area (Å²) >= 11 is 3.23. The van der Waals surface area contributed by atoms with E-state index < -0.39 is 0 Å². The molecular formula is C23H22N6OS2. The molecule has 4 aromatic rings. The number of ether oxygens (including phenoxy) is 1. The van der Waals surface area contributed by atoms with Crippen LogP contribution in [0.25, 0.3) is 16.4 Å². The molecule has 7 nitrogen and oxygen atoms in total. The van der Waals surface area contributed by atoms with Gasteiger partial charge in [-0.1, -0.05) is 36.0 Å². The van der Waals surface area contributed by atoms with Crippen molar-refractivity contribution in [2.24, 2.45) is 0 Å². The van der Waals surface area contributed by atoms with Crippen LogP contribution in [0, 0.1) is 18.3 Å². The van der Waals surface area contributed by atoms with Gasteiger partial charge in [-0.3, -0.25) is 4.57 Å². The van der Waals surface area contributed by atoms with Gasteiger partial charge in [0.15, 0.2) is 11.0 Å².